The van der Waals surface area contributed by atoms with Crippen molar-refractivity contribution in [3.63, 3.8) is 0 Å². The zero-order chi connectivity index (χ0) is 16.7. The van der Waals surface area contributed by atoms with E-state index >= 15 is 0 Å². The summed E-state index contributed by atoms with van der Waals surface area (Å²) in [5, 5.41) is 11.8. The maximum atomic E-state index is 12.1. The van der Waals surface area contributed by atoms with Gasteiger partial charge in [-0.25, -0.2) is 4.79 Å². The number of carboxylic acids is 1. The summed E-state index contributed by atoms with van der Waals surface area (Å²) in [6, 6.07) is 7.96. The molecule has 1 aliphatic carbocycles. The van der Waals surface area contributed by atoms with Gasteiger partial charge in [0.25, 0.3) is 0 Å². The summed E-state index contributed by atoms with van der Waals surface area (Å²) < 4.78 is 12.1. The molecule has 2 atom stereocenters. The minimum absolute atomic E-state index is 0.160. The van der Waals surface area contributed by atoms with Crippen molar-refractivity contribution in [3.05, 3.63) is 30.3 Å². The molecule has 2 N–H and O–H groups in total. The molecule has 1 fully saturated rings. The Morgan fingerprint density at radius 2 is 1.87 bits per heavy atom. The summed E-state index contributed by atoms with van der Waals surface area (Å²) in [4.78, 5) is 24.0. The molecule has 2 rings (SSSR count). The van der Waals surface area contributed by atoms with Crippen molar-refractivity contribution in [2.75, 3.05) is 5.75 Å². The van der Waals surface area contributed by atoms with Crippen LogP contribution in [0.15, 0.2) is 35.2 Å². The van der Waals surface area contributed by atoms with Crippen molar-refractivity contribution in [3.8, 4) is 0 Å². The first-order valence-electron chi connectivity index (χ1n) is 8.02. The maximum Gasteiger partial charge on any atom is 0.326 e. The molecule has 0 aromatic heterocycles. The van der Waals surface area contributed by atoms with Gasteiger partial charge in [-0.3, -0.25) is 9.00 Å². The van der Waals surface area contributed by atoms with Crippen LogP contribution in [0.5, 0.6) is 0 Å². The van der Waals surface area contributed by atoms with Crippen LogP contribution in [0.1, 0.15) is 38.5 Å². The zero-order valence-corrected chi connectivity index (χ0v) is 13.9. The van der Waals surface area contributed by atoms with Gasteiger partial charge in [0.2, 0.25) is 5.91 Å². The van der Waals surface area contributed by atoms with Gasteiger partial charge in [-0.15, -0.1) is 0 Å². The van der Waals surface area contributed by atoms with Crippen LogP contribution in [0.2, 0.25) is 0 Å². The second kappa shape index (κ2) is 8.82. The van der Waals surface area contributed by atoms with Crippen LogP contribution in [0.3, 0.4) is 0 Å². The van der Waals surface area contributed by atoms with Crippen molar-refractivity contribution >= 4 is 22.7 Å². The van der Waals surface area contributed by atoms with E-state index in [2.05, 4.69) is 5.32 Å². The third-order valence-corrected chi connectivity index (χ3v) is 5.58. The van der Waals surface area contributed by atoms with Gasteiger partial charge in [0.1, 0.15) is 6.04 Å². The predicted molar refractivity (Wildman–Crippen MR) is 88.5 cm³/mol. The molecule has 0 saturated heterocycles. The van der Waals surface area contributed by atoms with Gasteiger partial charge >= 0.3 is 5.97 Å². The number of carbonyl (C=O) groups excluding carboxylic acids is 1. The second-order valence-electron chi connectivity index (χ2n) is 5.96. The molecule has 0 radical (unpaired) electrons. The van der Waals surface area contributed by atoms with E-state index in [1.165, 1.54) is 0 Å². The fraction of sp³-hybridized carbons (Fsp3) is 0.529. The number of nitrogens with one attached hydrogen (secondary N) is 1. The van der Waals surface area contributed by atoms with Crippen LogP contribution in [-0.2, 0) is 20.4 Å². The normalized spacial score (nSPS) is 17.6. The van der Waals surface area contributed by atoms with Crippen LogP contribution in [0.4, 0.5) is 0 Å². The van der Waals surface area contributed by atoms with E-state index in [0.717, 1.165) is 25.7 Å². The Bertz CT molecular complexity index is 555. The van der Waals surface area contributed by atoms with E-state index in [9.17, 15) is 18.9 Å². The minimum Gasteiger partial charge on any atom is -0.480 e. The number of benzene rings is 1. The summed E-state index contributed by atoms with van der Waals surface area (Å²) in [5.41, 5.74) is 0. The van der Waals surface area contributed by atoms with E-state index in [0.29, 0.717) is 17.2 Å². The molecule has 0 unspecified atom stereocenters. The van der Waals surface area contributed by atoms with Gasteiger partial charge in [0, 0.05) is 17.1 Å². The topological polar surface area (TPSA) is 83.5 Å². The summed E-state index contributed by atoms with van der Waals surface area (Å²) in [5.74, 6) is -0.697. The number of rotatable bonds is 8. The Hall–Kier alpha value is -1.69. The molecular formula is C17H23NO4S. The van der Waals surface area contributed by atoms with Crippen molar-refractivity contribution < 1.29 is 18.9 Å². The Morgan fingerprint density at radius 1 is 1.22 bits per heavy atom. The third-order valence-electron chi connectivity index (χ3n) is 4.18. The van der Waals surface area contributed by atoms with Crippen LogP contribution in [0, 0.1) is 5.92 Å². The highest BCUT2D eigenvalue weighted by Crippen LogP contribution is 2.27. The molecule has 1 saturated carbocycles. The first-order chi connectivity index (χ1) is 11.1. The summed E-state index contributed by atoms with van der Waals surface area (Å²) in [7, 11) is -1.25. The SMILES string of the molecule is O=C(CC1CCCC1)N[C@H](CC[S@](=O)c1ccccc1)C(=O)O. The van der Waals surface area contributed by atoms with Crippen molar-refractivity contribution in [2.45, 2.75) is 49.5 Å². The Kier molecular flexibility index (Phi) is 6.77. The van der Waals surface area contributed by atoms with Crippen LogP contribution >= 0.6 is 0 Å². The highest BCUT2D eigenvalue weighted by molar-refractivity contribution is 7.85. The molecule has 0 spiro atoms. The van der Waals surface area contributed by atoms with E-state index < -0.39 is 22.8 Å². The summed E-state index contributed by atoms with van der Waals surface area (Å²) in [6.45, 7) is 0. The lowest BCUT2D eigenvalue weighted by Crippen LogP contribution is -2.42. The largest absolute Gasteiger partial charge is 0.480 e. The molecule has 5 nitrogen and oxygen atoms in total. The fourth-order valence-electron chi connectivity index (χ4n) is 2.90. The van der Waals surface area contributed by atoms with Crippen LogP contribution < -0.4 is 5.32 Å². The molecule has 1 aromatic rings. The number of hydrogen-bond donors (Lipinski definition) is 2. The second-order valence-corrected chi connectivity index (χ2v) is 7.54. The molecular weight excluding hydrogens is 314 g/mol. The van der Waals surface area contributed by atoms with Gasteiger partial charge in [-0.1, -0.05) is 31.0 Å². The summed E-state index contributed by atoms with van der Waals surface area (Å²) in [6.07, 6.45) is 4.94. The van der Waals surface area contributed by atoms with Gasteiger partial charge < -0.3 is 10.4 Å². The molecule has 1 aliphatic rings. The average Bonchev–Trinajstić information content (AvgIpc) is 3.04. The molecule has 23 heavy (non-hydrogen) atoms. The molecule has 1 amide bonds. The Balaban J connectivity index is 1.82. The monoisotopic (exact) mass is 337 g/mol. The number of aliphatic carboxylic acids is 1. The van der Waals surface area contributed by atoms with Gasteiger partial charge in [0.05, 0.1) is 10.8 Å². The standard InChI is InChI=1S/C17H23NO4S/c19-16(12-13-6-4-5-7-13)18-15(17(20)21)10-11-23(22)14-8-2-1-3-9-14/h1-3,8-9,13,15H,4-7,10-12H2,(H,18,19)(H,20,21)/t15-,23+/m1/s1. The Morgan fingerprint density at radius 3 is 2.48 bits per heavy atom. The lowest BCUT2D eigenvalue weighted by Gasteiger charge is -2.16. The van der Waals surface area contributed by atoms with Crippen LogP contribution in [0.25, 0.3) is 0 Å². The third kappa shape index (κ3) is 5.78. The fourth-order valence-corrected chi connectivity index (χ4v) is 4.05. The molecule has 0 aliphatic heterocycles. The quantitative estimate of drug-likeness (QED) is 0.762. The van der Waals surface area contributed by atoms with Crippen LogP contribution in [-0.4, -0.2) is 33.0 Å². The number of carboxylic acid groups (broad SMARTS) is 1. The molecule has 0 heterocycles. The number of carbonyl (C=O) groups is 2. The molecule has 6 heteroatoms. The average molecular weight is 337 g/mol. The van der Waals surface area contributed by atoms with Gasteiger partial charge in [-0.2, -0.15) is 0 Å². The summed E-state index contributed by atoms with van der Waals surface area (Å²) >= 11 is 0. The zero-order valence-electron chi connectivity index (χ0n) is 13.1. The number of hydrogen-bond acceptors (Lipinski definition) is 3. The molecule has 126 valence electrons. The predicted octanol–water partition coefficient (Wildman–Crippen LogP) is 2.33. The van der Waals surface area contributed by atoms with Crippen molar-refractivity contribution in [1.29, 1.82) is 0 Å². The lowest BCUT2D eigenvalue weighted by molar-refractivity contribution is -0.142. The Labute approximate surface area is 138 Å². The number of amides is 1. The van der Waals surface area contributed by atoms with E-state index in [-0.39, 0.29) is 18.1 Å². The lowest BCUT2D eigenvalue weighted by atomic mass is 10.0. The van der Waals surface area contributed by atoms with Crippen molar-refractivity contribution in [1.82, 2.24) is 5.32 Å². The first kappa shape index (κ1) is 17.7. The van der Waals surface area contributed by atoms with Crippen molar-refractivity contribution in [2.24, 2.45) is 5.92 Å². The van der Waals surface area contributed by atoms with Gasteiger partial charge in [0.15, 0.2) is 0 Å². The smallest absolute Gasteiger partial charge is 0.326 e. The van der Waals surface area contributed by atoms with E-state index in [1.54, 1.807) is 24.3 Å². The maximum absolute atomic E-state index is 12.1. The molecule has 0 bridgehead atoms. The highest BCUT2D eigenvalue weighted by atomic mass is 32.2. The molecule has 1 aromatic carbocycles. The van der Waals surface area contributed by atoms with Gasteiger partial charge in [-0.05, 0) is 37.3 Å². The highest BCUT2D eigenvalue weighted by Gasteiger charge is 2.24. The van der Waals surface area contributed by atoms with E-state index in [1.807, 2.05) is 6.07 Å². The first-order valence-corrected chi connectivity index (χ1v) is 9.33. The minimum atomic E-state index is -1.25. The van der Waals surface area contributed by atoms with E-state index in [4.69, 9.17) is 0 Å².